The zero-order chi connectivity index (χ0) is 15.1. The number of aromatic nitrogens is 2. The molecule has 1 fully saturated rings. The average Bonchev–Trinajstić information content (AvgIpc) is 2.80. The lowest BCUT2D eigenvalue weighted by Gasteiger charge is -2.36. The van der Waals surface area contributed by atoms with Crippen molar-refractivity contribution in [3.63, 3.8) is 0 Å². The van der Waals surface area contributed by atoms with Crippen molar-refractivity contribution in [3.05, 3.63) is 28.0 Å². The second-order valence-electron chi connectivity index (χ2n) is 5.79. The fourth-order valence-electron chi connectivity index (χ4n) is 3.14. The van der Waals surface area contributed by atoms with Gasteiger partial charge in [-0.15, -0.1) is 11.6 Å². The molecule has 3 rings (SSSR count). The number of fused-ring (bicyclic) bond motifs is 1. The Morgan fingerprint density at radius 3 is 2.67 bits per heavy atom. The third-order valence-corrected chi connectivity index (χ3v) is 5.43. The quantitative estimate of drug-likeness (QED) is 0.733. The normalized spacial score (nSPS) is 23.9. The molecule has 0 bridgehead atoms. The van der Waals surface area contributed by atoms with Crippen molar-refractivity contribution in [3.8, 4) is 0 Å². The first-order chi connectivity index (χ1) is 10.0. The predicted molar refractivity (Wildman–Crippen MR) is 89.7 cm³/mol. The van der Waals surface area contributed by atoms with Gasteiger partial charge in [-0.2, -0.15) is 0 Å². The molecular weight excluding hydrogens is 329 g/mol. The maximum absolute atomic E-state index is 6.19. The van der Waals surface area contributed by atoms with Gasteiger partial charge in [-0.3, -0.25) is 0 Å². The summed E-state index contributed by atoms with van der Waals surface area (Å²) in [6.07, 6.45) is 2.18. The smallest absolute Gasteiger partial charge is 0.125 e. The summed E-state index contributed by atoms with van der Waals surface area (Å²) in [5.74, 6) is 1.29. The van der Waals surface area contributed by atoms with Crippen LogP contribution < -0.4 is 0 Å². The van der Waals surface area contributed by atoms with Gasteiger partial charge in [-0.05, 0) is 38.9 Å². The molecular formula is C15H18Cl3N3. The lowest BCUT2D eigenvalue weighted by Crippen LogP contribution is -2.38. The molecule has 0 radical (unpaired) electrons. The van der Waals surface area contributed by atoms with Gasteiger partial charge in [0, 0.05) is 18.6 Å². The van der Waals surface area contributed by atoms with Crippen molar-refractivity contribution in [2.24, 2.45) is 0 Å². The van der Waals surface area contributed by atoms with Crippen LogP contribution in [0, 0.1) is 0 Å². The average molecular weight is 347 g/mol. The summed E-state index contributed by atoms with van der Waals surface area (Å²) in [7, 11) is 2.17. The maximum Gasteiger partial charge on any atom is 0.125 e. The topological polar surface area (TPSA) is 21.1 Å². The van der Waals surface area contributed by atoms with Gasteiger partial charge in [0.1, 0.15) is 5.82 Å². The van der Waals surface area contributed by atoms with E-state index in [1.165, 1.54) is 0 Å². The van der Waals surface area contributed by atoms with Crippen molar-refractivity contribution < 1.29 is 0 Å². The number of alkyl halides is 1. The van der Waals surface area contributed by atoms with Crippen LogP contribution >= 0.6 is 34.8 Å². The molecule has 2 unspecified atom stereocenters. The van der Waals surface area contributed by atoms with Crippen molar-refractivity contribution in [2.75, 3.05) is 13.6 Å². The van der Waals surface area contributed by atoms with Crippen LogP contribution in [0.2, 0.25) is 10.0 Å². The van der Waals surface area contributed by atoms with E-state index >= 15 is 0 Å². The SMILES string of the molecule is CC1CC(n2c(CCl)nc3cc(Cl)c(Cl)cc32)CCN1C. The van der Waals surface area contributed by atoms with E-state index in [1.807, 2.05) is 12.1 Å². The van der Waals surface area contributed by atoms with E-state index in [-0.39, 0.29) is 0 Å². The number of piperidine rings is 1. The minimum Gasteiger partial charge on any atom is -0.324 e. The number of halogens is 3. The van der Waals surface area contributed by atoms with Crippen LogP contribution in [0.5, 0.6) is 0 Å². The Balaban J connectivity index is 2.10. The Kier molecular flexibility index (Phi) is 4.37. The van der Waals surface area contributed by atoms with Crippen LogP contribution in [-0.4, -0.2) is 34.1 Å². The number of hydrogen-bond acceptors (Lipinski definition) is 2. The monoisotopic (exact) mass is 345 g/mol. The molecule has 1 saturated heterocycles. The number of hydrogen-bond donors (Lipinski definition) is 0. The third kappa shape index (κ3) is 2.77. The van der Waals surface area contributed by atoms with Crippen LogP contribution in [0.3, 0.4) is 0 Å². The number of benzene rings is 1. The van der Waals surface area contributed by atoms with E-state index in [9.17, 15) is 0 Å². The van der Waals surface area contributed by atoms with E-state index in [2.05, 4.69) is 28.4 Å². The second kappa shape index (κ2) is 5.96. The van der Waals surface area contributed by atoms with E-state index in [0.29, 0.717) is 28.0 Å². The molecule has 0 N–H and O–H groups in total. The minimum absolute atomic E-state index is 0.393. The first kappa shape index (κ1) is 15.4. The Bertz CT molecular complexity index is 668. The van der Waals surface area contributed by atoms with E-state index in [1.54, 1.807) is 0 Å². The fraction of sp³-hybridized carbons (Fsp3) is 0.533. The molecule has 1 aromatic carbocycles. The molecule has 0 aliphatic carbocycles. The molecule has 2 heterocycles. The Labute approximate surface area is 139 Å². The summed E-state index contributed by atoms with van der Waals surface area (Å²) < 4.78 is 2.26. The Hall–Kier alpha value is -0.480. The van der Waals surface area contributed by atoms with Gasteiger partial charge in [0.25, 0.3) is 0 Å². The molecule has 114 valence electrons. The van der Waals surface area contributed by atoms with Crippen LogP contribution in [0.25, 0.3) is 11.0 Å². The highest BCUT2D eigenvalue weighted by atomic mass is 35.5. The lowest BCUT2D eigenvalue weighted by atomic mass is 9.98. The van der Waals surface area contributed by atoms with Gasteiger partial charge < -0.3 is 9.47 Å². The number of likely N-dealkylation sites (tertiary alicyclic amines) is 1. The van der Waals surface area contributed by atoms with E-state index in [0.717, 1.165) is 36.2 Å². The Morgan fingerprint density at radius 1 is 1.29 bits per heavy atom. The second-order valence-corrected chi connectivity index (χ2v) is 6.88. The highest BCUT2D eigenvalue weighted by molar-refractivity contribution is 6.42. The molecule has 2 atom stereocenters. The molecule has 3 nitrogen and oxygen atoms in total. The summed E-state index contributed by atoms with van der Waals surface area (Å²) in [5.41, 5.74) is 1.90. The minimum atomic E-state index is 0.393. The van der Waals surface area contributed by atoms with Gasteiger partial charge in [0.15, 0.2) is 0 Å². The molecule has 0 amide bonds. The highest BCUT2D eigenvalue weighted by Gasteiger charge is 2.27. The number of nitrogens with zero attached hydrogens (tertiary/aromatic N) is 3. The summed E-state index contributed by atoms with van der Waals surface area (Å²) in [6, 6.07) is 4.69. The van der Waals surface area contributed by atoms with Gasteiger partial charge in [0.05, 0.1) is 27.0 Å². The summed E-state index contributed by atoms with van der Waals surface area (Å²) in [5, 5.41) is 1.10. The largest absolute Gasteiger partial charge is 0.324 e. The van der Waals surface area contributed by atoms with Crippen LogP contribution in [0.1, 0.15) is 31.6 Å². The lowest BCUT2D eigenvalue weighted by molar-refractivity contribution is 0.157. The highest BCUT2D eigenvalue weighted by Crippen LogP contribution is 2.34. The first-order valence-electron chi connectivity index (χ1n) is 7.13. The predicted octanol–water partition coefficient (Wildman–Crippen LogP) is 4.74. The van der Waals surface area contributed by atoms with Crippen molar-refractivity contribution in [1.82, 2.24) is 14.5 Å². The standard InChI is InChI=1S/C15H18Cl3N3/c1-9-5-10(3-4-20(9)2)21-14-7-12(18)11(17)6-13(14)19-15(21)8-16/h6-7,9-10H,3-5,8H2,1-2H3. The molecule has 21 heavy (non-hydrogen) atoms. The summed E-state index contributed by atoms with van der Waals surface area (Å²) >= 11 is 18.4. The maximum atomic E-state index is 6.19. The van der Waals surface area contributed by atoms with Crippen molar-refractivity contribution in [1.29, 1.82) is 0 Å². The summed E-state index contributed by atoms with van der Waals surface area (Å²) in [4.78, 5) is 7.02. The zero-order valence-corrected chi connectivity index (χ0v) is 14.4. The fourth-order valence-corrected chi connectivity index (χ4v) is 3.65. The summed E-state index contributed by atoms with van der Waals surface area (Å²) in [6.45, 7) is 3.34. The molecule has 1 aliphatic heterocycles. The van der Waals surface area contributed by atoms with Crippen LogP contribution in [-0.2, 0) is 5.88 Å². The molecule has 0 saturated carbocycles. The van der Waals surface area contributed by atoms with Gasteiger partial charge in [-0.1, -0.05) is 23.2 Å². The van der Waals surface area contributed by atoms with Crippen molar-refractivity contribution in [2.45, 2.75) is 37.7 Å². The molecule has 1 aromatic heterocycles. The first-order valence-corrected chi connectivity index (χ1v) is 8.42. The van der Waals surface area contributed by atoms with Crippen LogP contribution in [0.15, 0.2) is 12.1 Å². The van der Waals surface area contributed by atoms with Gasteiger partial charge >= 0.3 is 0 Å². The molecule has 0 spiro atoms. The van der Waals surface area contributed by atoms with E-state index < -0.39 is 0 Å². The van der Waals surface area contributed by atoms with Gasteiger partial charge in [-0.25, -0.2) is 4.98 Å². The molecule has 6 heteroatoms. The number of imidazole rings is 1. The van der Waals surface area contributed by atoms with E-state index in [4.69, 9.17) is 34.8 Å². The molecule has 1 aliphatic rings. The zero-order valence-electron chi connectivity index (χ0n) is 12.1. The third-order valence-electron chi connectivity index (χ3n) is 4.47. The number of rotatable bonds is 2. The Morgan fingerprint density at radius 2 is 2.00 bits per heavy atom. The van der Waals surface area contributed by atoms with Crippen LogP contribution in [0.4, 0.5) is 0 Å². The molecule has 2 aromatic rings. The van der Waals surface area contributed by atoms with Gasteiger partial charge in [0.2, 0.25) is 0 Å². The van der Waals surface area contributed by atoms with Crippen molar-refractivity contribution >= 4 is 45.8 Å².